The lowest BCUT2D eigenvalue weighted by molar-refractivity contribution is 0.102. The Morgan fingerprint density at radius 3 is 2.65 bits per heavy atom. The van der Waals surface area contributed by atoms with E-state index in [4.69, 9.17) is 16.2 Å². The molecule has 0 unspecified atom stereocenters. The van der Waals surface area contributed by atoms with Gasteiger partial charge in [0, 0.05) is 17.8 Å². The van der Waals surface area contributed by atoms with Gasteiger partial charge in [0.1, 0.15) is 11.6 Å². The first-order valence-corrected chi connectivity index (χ1v) is 12.4. The molecule has 0 aliphatic heterocycles. The number of carbonyl (C=O) groups excluding carboxylic acids is 1. The number of nitrogen functional groups attached to an aromatic ring is 2. The average Bonchev–Trinajstić information content (AvgIpc) is 2.89. The van der Waals surface area contributed by atoms with Crippen molar-refractivity contribution >= 4 is 34.9 Å². The number of halogens is 2. The highest BCUT2D eigenvalue weighted by Gasteiger charge is 2.22. The molecule has 9 nitrogen and oxygen atoms in total. The Labute approximate surface area is 215 Å². The molecule has 0 aliphatic carbocycles. The Balaban J connectivity index is 1.70. The second kappa shape index (κ2) is 11.2. The number of anilines is 3. The van der Waals surface area contributed by atoms with Crippen LogP contribution in [-0.2, 0) is 0 Å². The van der Waals surface area contributed by atoms with Crippen LogP contribution in [0.4, 0.5) is 26.0 Å². The monoisotopic (exact) mass is 523 g/mol. The third kappa shape index (κ3) is 5.59. The van der Waals surface area contributed by atoms with Crippen LogP contribution in [0, 0.1) is 11.6 Å². The number of ether oxygens (including phenoxy) is 1. The van der Waals surface area contributed by atoms with Crippen LogP contribution in [0.3, 0.4) is 0 Å². The summed E-state index contributed by atoms with van der Waals surface area (Å²) in [7, 11) is 0. The average molecular weight is 524 g/mol. The number of nitrogens with one attached hydrogen (secondary N) is 1. The zero-order valence-electron chi connectivity index (χ0n) is 20.0. The maximum atomic E-state index is 15.1. The summed E-state index contributed by atoms with van der Waals surface area (Å²) in [6.45, 7) is 2.12. The van der Waals surface area contributed by atoms with Crippen molar-refractivity contribution in [1.29, 1.82) is 0 Å². The Kier molecular flexibility index (Phi) is 7.77. The molecule has 37 heavy (non-hydrogen) atoms. The van der Waals surface area contributed by atoms with Crippen LogP contribution in [0.1, 0.15) is 23.8 Å². The highest BCUT2D eigenvalue weighted by atomic mass is 32.2. The minimum absolute atomic E-state index is 0.0156. The summed E-state index contributed by atoms with van der Waals surface area (Å²) in [5, 5.41) is 3.16. The first-order valence-electron chi connectivity index (χ1n) is 11.1. The first kappa shape index (κ1) is 25.8. The SMILES string of the molecule is CCCOc1ccc(F)c(-c2ccc(N)c(C(=O)Nc3cnccc3-c3cc(N)nc(SC)n3)n2)c1F. The van der Waals surface area contributed by atoms with Gasteiger partial charge in [-0.15, -0.1) is 0 Å². The van der Waals surface area contributed by atoms with Crippen LogP contribution in [0.2, 0.25) is 0 Å². The van der Waals surface area contributed by atoms with E-state index in [1.165, 1.54) is 42.4 Å². The molecule has 1 amide bonds. The summed E-state index contributed by atoms with van der Waals surface area (Å²) >= 11 is 1.32. The van der Waals surface area contributed by atoms with E-state index in [-0.39, 0.29) is 35.2 Å². The molecule has 0 aliphatic rings. The number of amides is 1. The van der Waals surface area contributed by atoms with Gasteiger partial charge in [-0.2, -0.15) is 0 Å². The molecular weight excluding hydrogens is 500 g/mol. The van der Waals surface area contributed by atoms with Gasteiger partial charge in [0.25, 0.3) is 5.91 Å². The fourth-order valence-electron chi connectivity index (χ4n) is 3.45. The van der Waals surface area contributed by atoms with Crippen molar-refractivity contribution in [3.63, 3.8) is 0 Å². The van der Waals surface area contributed by atoms with Crippen LogP contribution < -0.4 is 21.5 Å². The van der Waals surface area contributed by atoms with Crippen LogP contribution in [0.5, 0.6) is 5.75 Å². The minimum Gasteiger partial charge on any atom is -0.491 e. The number of hydrogen-bond donors (Lipinski definition) is 3. The predicted molar refractivity (Wildman–Crippen MR) is 139 cm³/mol. The van der Waals surface area contributed by atoms with E-state index in [1.54, 1.807) is 12.1 Å². The van der Waals surface area contributed by atoms with Gasteiger partial charge in [0.05, 0.1) is 41.1 Å². The Hall–Kier alpha value is -4.32. The molecule has 190 valence electrons. The molecule has 0 saturated carbocycles. The molecule has 3 aromatic heterocycles. The van der Waals surface area contributed by atoms with Crippen molar-refractivity contribution < 1.29 is 18.3 Å². The normalized spacial score (nSPS) is 10.8. The zero-order chi connectivity index (χ0) is 26.5. The smallest absolute Gasteiger partial charge is 0.276 e. The highest BCUT2D eigenvalue weighted by Crippen LogP contribution is 2.33. The largest absolute Gasteiger partial charge is 0.491 e. The summed E-state index contributed by atoms with van der Waals surface area (Å²) in [4.78, 5) is 30.0. The molecule has 4 rings (SSSR count). The first-order chi connectivity index (χ1) is 17.8. The number of carbonyl (C=O) groups is 1. The van der Waals surface area contributed by atoms with Gasteiger partial charge < -0.3 is 21.5 Å². The second-order valence-electron chi connectivity index (χ2n) is 7.76. The second-order valence-corrected chi connectivity index (χ2v) is 8.53. The molecule has 0 radical (unpaired) electrons. The van der Waals surface area contributed by atoms with E-state index in [9.17, 15) is 9.18 Å². The zero-order valence-corrected chi connectivity index (χ0v) is 20.8. The Morgan fingerprint density at radius 1 is 1.08 bits per heavy atom. The molecule has 4 aromatic rings. The molecule has 0 bridgehead atoms. The van der Waals surface area contributed by atoms with Gasteiger partial charge in [0.2, 0.25) is 0 Å². The van der Waals surface area contributed by atoms with E-state index >= 15 is 4.39 Å². The van der Waals surface area contributed by atoms with Crippen LogP contribution >= 0.6 is 11.8 Å². The minimum atomic E-state index is -0.919. The Morgan fingerprint density at radius 2 is 1.89 bits per heavy atom. The van der Waals surface area contributed by atoms with Crippen molar-refractivity contribution in [2.75, 3.05) is 29.6 Å². The third-order valence-corrected chi connectivity index (χ3v) is 5.72. The van der Waals surface area contributed by atoms with Crippen molar-refractivity contribution in [2.24, 2.45) is 0 Å². The van der Waals surface area contributed by atoms with E-state index < -0.39 is 23.1 Å². The van der Waals surface area contributed by atoms with Gasteiger partial charge in [-0.1, -0.05) is 18.7 Å². The fourth-order valence-corrected chi connectivity index (χ4v) is 3.84. The summed E-state index contributed by atoms with van der Waals surface area (Å²) < 4.78 is 35.1. The summed E-state index contributed by atoms with van der Waals surface area (Å²) in [6.07, 6.45) is 5.42. The molecule has 12 heteroatoms. The van der Waals surface area contributed by atoms with Gasteiger partial charge in [-0.3, -0.25) is 9.78 Å². The number of aromatic nitrogens is 4. The maximum absolute atomic E-state index is 15.1. The lowest BCUT2D eigenvalue weighted by atomic mass is 10.1. The van der Waals surface area contributed by atoms with Crippen LogP contribution in [0.25, 0.3) is 22.5 Å². The molecule has 0 atom stereocenters. The summed E-state index contributed by atoms with van der Waals surface area (Å²) in [5.74, 6) is -2.34. The maximum Gasteiger partial charge on any atom is 0.276 e. The highest BCUT2D eigenvalue weighted by molar-refractivity contribution is 7.98. The Bertz CT molecular complexity index is 1470. The van der Waals surface area contributed by atoms with Gasteiger partial charge >= 0.3 is 0 Å². The molecule has 3 heterocycles. The van der Waals surface area contributed by atoms with E-state index in [0.29, 0.717) is 28.5 Å². The molecule has 1 aromatic carbocycles. The number of hydrogen-bond acceptors (Lipinski definition) is 9. The van der Waals surface area contributed by atoms with Crippen molar-refractivity contribution in [3.8, 4) is 28.3 Å². The van der Waals surface area contributed by atoms with E-state index in [2.05, 4.69) is 25.3 Å². The van der Waals surface area contributed by atoms with E-state index in [1.807, 2.05) is 13.2 Å². The van der Waals surface area contributed by atoms with Gasteiger partial charge in [-0.25, -0.2) is 23.7 Å². The standard InChI is InChI=1S/C25H23F2N7O2S/c1-3-10-36-19-7-4-14(26)21(22(19)27)16-6-5-15(28)23(31-16)24(35)32-18-12-30-9-8-13(18)17-11-20(29)34-25(33-17)37-2/h4-9,11-12H,3,10,28H2,1-2H3,(H,32,35)(H2,29,33,34). The lowest BCUT2D eigenvalue weighted by Gasteiger charge is -2.14. The van der Waals surface area contributed by atoms with Gasteiger partial charge in [0.15, 0.2) is 22.4 Å². The molecule has 0 spiro atoms. The summed E-state index contributed by atoms with van der Waals surface area (Å²) in [5.41, 5.74) is 12.5. The summed E-state index contributed by atoms with van der Waals surface area (Å²) in [6, 6.07) is 8.20. The van der Waals surface area contributed by atoms with Crippen molar-refractivity contribution in [1.82, 2.24) is 19.9 Å². The van der Waals surface area contributed by atoms with Gasteiger partial charge in [-0.05, 0) is 43.0 Å². The number of thioether (sulfide) groups is 1. The lowest BCUT2D eigenvalue weighted by Crippen LogP contribution is -2.17. The topological polar surface area (TPSA) is 142 Å². The number of pyridine rings is 2. The van der Waals surface area contributed by atoms with Crippen LogP contribution in [-0.4, -0.2) is 38.7 Å². The van der Waals surface area contributed by atoms with E-state index in [0.717, 1.165) is 6.07 Å². The molecule has 5 N–H and O–H groups in total. The number of benzene rings is 1. The van der Waals surface area contributed by atoms with Crippen LogP contribution in [0.15, 0.2) is 53.9 Å². The quantitative estimate of drug-likeness (QED) is 0.219. The molecular formula is C25H23F2N7O2S. The van der Waals surface area contributed by atoms with Crippen molar-refractivity contribution in [2.45, 2.75) is 18.5 Å². The third-order valence-electron chi connectivity index (χ3n) is 5.17. The molecule has 0 fully saturated rings. The molecule has 0 saturated heterocycles. The number of nitrogens with zero attached hydrogens (tertiary/aromatic N) is 4. The van der Waals surface area contributed by atoms with Crippen molar-refractivity contribution in [3.05, 3.63) is 66.1 Å². The number of rotatable bonds is 8. The number of nitrogens with two attached hydrogens (primary N) is 2. The predicted octanol–water partition coefficient (Wildman–Crippen LogP) is 4.81. The fraction of sp³-hybridized carbons (Fsp3) is 0.160.